The molecule has 4 N–H and O–H groups in total. The summed E-state index contributed by atoms with van der Waals surface area (Å²) in [4.78, 5) is 22.8. The van der Waals surface area contributed by atoms with Crippen molar-refractivity contribution in [3.8, 4) is 0 Å². The number of carboxylic acid groups (broad SMARTS) is 1. The number of nitrogens with one attached hydrogen (secondary N) is 1. The van der Waals surface area contributed by atoms with Crippen molar-refractivity contribution < 1.29 is 19.1 Å². The van der Waals surface area contributed by atoms with Crippen LogP contribution in [0.4, 0.5) is 10.1 Å². The molecular formula is C15H21FN2O3. The van der Waals surface area contributed by atoms with Crippen LogP contribution in [0, 0.1) is 17.2 Å². The lowest BCUT2D eigenvalue weighted by atomic mass is 9.84. The average Bonchev–Trinajstić information content (AvgIpc) is 2.36. The van der Waals surface area contributed by atoms with E-state index in [0.29, 0.717) is 6.42 Å². The van der Waals surface area contributed by atoms with Gasteiger partial charge in [0.05, 0.1) is 17.2 Å². The molecule has 0 fully saturated rings. The maximum absolute atomic E-state index is 13.8. The van der Waals surface area contributed by atoms with E-state index in [4.69, 9.17) is 10.8 Å². The fourth-order valence-electron chi connectivity index (χ4n) is 2.01. The minimum Gasteiger partial charge on any atom is -0.478 e. The standard InChI is InChI=1S/C15H21FN2O3/c1-15(2,3)7-10(8-17)13(19)18-12-5-4-9(14(20)21)6-11(12)16/h4-6,10H,7-8,17H2,1-3H3,(H,18,19)(H,20,21). The number of carboxylic acids is 1. The van der Waals surface area contributed by atoms with Gasteiger partial charge in [-0.3, -0.25) is 4.79 Å². The van der Waals surface area contributed by atoms with Gasteiger partial charge in [0.2, 0.25) is 5.91 Å². The first-order valence-corrected chi connectivity index (χ1v) is 6.68. The summed E-state index contributed by atoms with van der Waals surface area (Å²) in [6.45, 7) is 6.14. The van der Waals surface area contributed by atoms with Crippen LogP contribution in [-0.4, -0.2) is 23.5 Å². The summed E-state index contributed by atoms with van der Waals surface area (Å²) in [5.41, 5.74) is 5.31. The van der Waals surface area contributed by atoms with Crippen LogP contribution in [0.25, 0.3) is 0 Å². The van der Waals surface area contributed by atoms with E-state index >= 15 is 0 Å². The molecule has 0 aromatic heterocycles. The van der Waals surface area contributed by atoms with Crippen LogP contribution in [0.1, 0.15) is 37.6 Å². The molecule has 1 rings (SSSR count). The van der Waals surface area contributed by atoms with E-state index in [1.165, 1.54) is 12.1 Å². The van der Waals surface area contributed by atoms with Crippen LogP contribution in [0.15, 0.2) is 18.2 Å². The summed E-state index contributed by atoms with van der Waals surface area (Å²) in [7, 11) is 0. The Morgan fingerprint density at radius 1 is 1.38 bits per heavy atom. The molecule has 1 unspecified atom stereocenters. The highest BCUT2D eigenvalue weighted by Gasteiger charge is 2.24. The van der Waals surface area contributed by atoms with Crippen molar-refractivity contribution in [1.82, 2.24) is 0 Å². The van der Waals surface area contributed by atoms with E-state index in [1.807, 2.05) is 20.8 Å². The monoisotopic (exact) mass is 296 g/mol. The molecule has 0 radical (unpaired) electrons. The first-order valence-electron chi connectivity index (χ1n) is 6.68. The van der Waals surface area contributed by atoms with E-state index in [9.17, 15) is 14.0 Å². The van der Waals surface area contributed by atoms with Crippen LogP contribution >= 0.6 is 0 Å². The minimum atomic E-state index is -1.22. The predicted molar refractivity (Wildman–Crippen MR) is 78.6 cm³/mol. The smallest absolute Gasteiger partial charge is 0.335 e. The molecule has 0 saturated heterocycles. The fraction of sp³-hybridized carbons (Fsp3) is 0.467. The van der Waals surface area contributed by atoms with Gasteiger partial charge < -0.3 is 16.2 Å². The Morgan fingerprint density at radius 2 is 2.00 bits per heavy atom. The predicted octanol–water partition coefficient (Wildman–Crippen LogP) is 2.47. The third-order valence-electron chi connectivity index (χ3n) is 2.99. The Bertz CT molecular complexity index is 538. The third kappa shape index (κ3) is 5.15. The Hall–Kier alpha value is -1.95. The average molecular weight is 296 g/mol. The maximum atomic E-state index is 13.8. The van der Waals surface area contributed by atoms with Crippen molar-refractivity contribution >= 4 is 17.6 Å². The molecule has 0 heterocycles. The van der Waals surface area contributed by atoms with E-state index in [0.717, 1.165) is 6.07 Å². The molecule has 1 aromatic rings. The van der Waals surface area contributed by atoms with Crippen molar-refractivity contribution in [2.24, 2.45) is 17.1 Å². The summed E-state index contributed by atoms with van der Waals surface area (Å²) in [6, 6.07) is 3.35. The number of halogens is 1. The molecule has 0 saturated carbocycles. The number of benzene rings is 1. The lowest BCUT2D eigenvalue weighted by Gasteiger charge is -2.24. The fourth-order valence-corrected chi connectivity index (χ4v) is 2.01. The molecular weight excluding hydrogens is 275 g/mol. The molecule has 6 heteroatoms. The van der Waals surface area contributed by atoms with Crippen molar-refractivity contribution in [2.45, 2.75) is 27.2 Å². The second kappa shape index (κ2) is 6.67. The number of rotatable bonds is 5. The quantitative estimate of drug-likeness (QED) is 0.778. The summed E-state index contributed by atoms with van der Waals surface area (Å²) in [6.07, 6.45) is 0.574. The largest absolute Gasteiger partial charge is 0.478 e. The first-order chi connectivity index (χ1) is 9.64. The van der Waals surface area contributed by atoms with Gasteiger partial charge >= 0.3 is 5.97 Å². The number of anilines is 1. The van der Waals surface area contributed by atoms with Crippen LogP contribution in [-0.2, 0) is 4.79 Å². The lowest BCUT2D eigenvalue weighted by Crippen LogP contribution is -2.32. The van der Waals surface area contributed by atoms with Gasteiger partial charge in [-0.05, 0) is 30.0 Å². The molecule has 5 nitrogen and oxygen atoms in total. The number of amides is 1. The molecule has 1 aromatic carbocycles. The Labute approximate surface area is 123 Å². The van der Waals surface area contributed by atoms with E-state index < -0.39 is 17.7 Å². The third-order valence-corrected chi connectivity index (χ3v) is 2.99. The molecule has 0 aliphatic heterocycles. The number of hydrogen-bond acceptors (Lipinski definition) is 3. The Kier molecular flexibility index (Phi) is 5.43. The van der Waals surface area contributed by atoms with Gasteiger partial charge in [-0.25, -0.2) is 9.18 Å². The van der Waals surface area contributed by atoms with Gasteiger partial charge in [-0.1, -0.05) is 20.8 Å². The summed E-state index contributed by atoms with van der Waals surface area (Å²) in [5, 5.41) is 11.2. The zero-order valence-electron chi connectivity index (χ0n) is 12.4. The van der Waals surface area contributed by atoms with Gasteiger partial charge in [-0.15, -0.1) is 0 Å². The Morgan fingerprint density at radius 3 is 2.43 bits per heavy atom. The van der Waals surface area contributed by atoms with Crippen molar-refractivity contribution in [3.63, 3.8) is 0 Å². The number of aromatic carboxylic acids is 1. The van der Waals surface area contributed by atoms with Gasteiger partial charge in [0.15, 0.2) is 0 Å². The number of carbonyl (C=O) groups is 2. The first kappa shape index (κ1) is 17.1. The van der Waals surface area contributed by atoms with E-state index in [1.54, 1.807) is 0 Å². The molecule has 0 spiro atoms. The maximum Gasteiger partial charge on any atom is 0.335 e. The van der Waals surface area contributed by atoms with Gasteiger partial charge in [0.25, 0.3) is 0 Å². The molecule has 0 bridgehead atoms. The zero-order valence-corrected chi connectivity index (χ0v) is 12.4. The molecule has 0 aliphatic carbocycles. The van der Waals surface area contributed by atoms with Crippen molar-refractivity contribution in [1.29, 1.82) is 0 Å². The second-order valence-corrected chi connectivity index (χ2v) is 6.19. The van der Waals surface area contributed by atoms with Gasteiger partial charge in [0.1, 0.15) is 5.82 Å². The highest BCUT2D eigenvalue weighted by Crippen LogP contribution is 2.25. The van der Waals surface area contributed by atoms with Crippen LogP contribution < -0.4 is 11.1 Å². The van der Waals surface area contributed by atoms with Crippen molar-refractivity contribution in [3.05, 3.63) is 29.6 Å². The highest BCUT2D eigenvalue weighted by molar-refractivity contribution is 5.94. The zero-order chi connectivity index (χ0) is 16.2. The molecule has 0 aliphatic rings. The van der Waals surface area contributed by atoms with Gasteiger partial charge in [-0.2, -0.15) is 0 Å². The lowest BCUT2D eigenvalue weighted by molar-refractivity contribution is -0.120. The van der Waals surface area contributed by atoms with Crippen LogP contribution in [0.2, 0.25) is 0 Å². The molecule has 116 valence electrons. The normalized spacial score (nSPS) is 12.8. The highest BCUT2D eigenvalue weighted by atomic mass is 19.1. The Balaban J connectivity index is 2.84. The van der Waals surface area contributed by atoms with Crippen LogP contribution in [0.5, 0.6) is 0 Å². The second-order valence-electron chi connectivity index (χ2n) is 6.19. The van der Waals surface area contributed by atoms with Crippen molar-refractivity contribution in [2.75, 3.05) is 11.9 Å². The SMILES string of the molecule is CC(C)(C)CC(CN)C(=O)Nc1ccc(C(=O)O)cc1F. The summed E-state index contributed by atoms with van der Waals surface area (Å²) < 4.78 is 13.8. The van der Waals surface area contributed by atoms with Gasteiger partial charge in [0, 0.05) is 6.54 Å². The number of hydrogen-bond donors (Lipinski definition) is 3. The number of carbonyl (C=O) groups excluding carboxylic acids is 1. The minimum absolute atomic E-state index is 0.0441. The summed E-state index contributed by atoms with van der Waals surface area (Å²) >= 11 is 0. The molecule has 1 amide bonds. The molecule has 21 heavy (non-hydrogen) atoms. The van der Waals surface area contributed by atoms with Crippen LogP contribution in [0.3, 0.4) is 0 Å². The molecule has 1 atom stereocenters. The van der Waals surface area contributed by atoms with E-state index in [2.05, 4.69) is 5.32 Å². The number of nitrogens with two attached hydrogens (primary N) is 1. The topological polar surface area (TPSA) is 92.4 Å². The summed E-state index contributed by atoms with van der Waals surface area (Å²) in [5.74, 6) is -2.80. The van der Waals surface area contributed by atoms with E-state index in [-0.39, 0.29) is 29.1 Å².